The van der Waals surface area contributed by atoms with E-state index in [-0.39, 0.29) is 13.2 Å². The molecule has 2 aromatic rings. The fraction of sp³-hybridized carbons (Fsp3) is 0.333. The summed E-state index contributed by atoms with van der Waals surface area (Å²) in [5, 5.41) is 19.7. The molecule has 2 N–H and O–H groups in total. The normalized spacial score (nSPS) is 15.9. The first-order valence-corrected chi connectivity index (χ1v) is 8.80. The lowest BCUT2D eigenvalue weighted by atomic mass is 9.84. The lowest BCUT2D eigenvalue weighted by molar-refractivity contribution is 0.128. The molecule has 1 aliphatic rings. The van der Waals surface area contributed by atoms with E-state index in [4.69, 9.17) is 0 Å². The Kier molecular flexibility index (Phi) is 4.40. The number of fused-ring (bicyclic) bond motifs is 1. The van der Waals surface area contributed by atoms with Crippen LogP contribution in [0.2, 0.25) is 0 Å². The topological polar surface area (TPSA) is 69.5 Å². The number of nitrogens with zero attached hydrogens (tertiary/aromatic N) is 3. The second-order valence-corrected chi connectivity index (χ2v) is 7.06. The van der Waals surface area contributed by atoms with Gasteiger partial charge in [-0.05, 0) is 39.9 Å². The van der Waals surface area contributed by atoms with Gasteiger partial charge in [-0.1, -0.05) is 6.07 Å². The lowest BCUT2D eigenvalue weighted by Gasteiger charge is -2.25. The molecule has 1 aromatic heterocycles. The van der Waals surface area contributed by atoms with Crippen LogP contribution >= 0.6 is 27.7 Å². The van der Waals surface area contributed by atoms with Gasteiger partial charge >= 0.3 is 0 Å². The molecule has 0 saturated carbocycles. The molecule has 0 atom stereocenters. The molecule has 0 spiro atoms. The fourth-order valence-corrected chi connectivity index (χ4v) is 3.37. The van der Waals surface area contributed by atoms with Crippen LogP contribution in [0.15, 0.2) is 40.0 Å². The zero-order valence-electron chi connectivity index (χ0n) is 12.0. The molecule has 0 bridgehead atoms. The summed E-state index contributed by atoms with van der Waals surface area (Å²) in [6.45, 7) is 0.207. The van der Waals surface area contributed by atoms with Crippen molar-refractivity contribution in [3.05, 3.63) is 40.6 Å². The summed E-state index contributed by atoms with van der Waals surface area (Å²) in [6, 6.07) is 6.04. The van der Waals surface area contributed by atoms with Crippen LogP contribution < -0.4 is 4.90 Å². The Bertz CT molecular complexity index is 677. The predicted molar refractivity (Wildman–Crippen MR) is 90.8 cm³/mol. The fourth-order valence-electron chi connectivity index (χ4n) is 2.73. The number of benzene rings is 1. The number of aliphatic hydroxyl groups is 2. The molecule has 0 amide bonds. The largest absolute Gasteiger partial charge is 0.395 e. The first-order valence-electron chi connectivity index (χ1n) is 6.79. The van der Waals surface area contributed by atoms with E-state index in [1.54, 1.807) is 24.2 Å². The summed E-state index contributed by atoms with van der Waals surface area (Å²) in [4.78, 5) is 11.8. The third-order valence-corrected chi connectivity index (χ3v) is 5.12. The van der Waals surface area contributed by atoms with Crippen molar-refractivity contribution in [3.8, 4) is 0 Å². The molecular formula is C15H16BrN3O2S. The van der Waals surface area contributed by atoms with Gasteiger partial charge in [0.05, 0.1) is 23.1 Å². The minimum absolute atomic E-state index is 0.123. The van der Waals surface area contributed by atoms with E-state index in [2.05, 4.69) is 32.0 Å². The third kappa shape index (κ3) is 2.52. The molecule has 3 rings (SSSR count). The number of aliphatic hydroxyl groups excluding tert-OH is 2. The third-order valence-electron chi connectivity index (χ3n) is 3.98. The monoisotopic (exact) mass is 381 g/mol. The van der Waals surface area contributed by atoms with Gasteiger partial charge in [-0.25, -0.2) is 9.97 Å². The van der Waals surface area contributed by atoms with Crippen LogP contribution in [0.5, 0.6) is 0 Å². The van der Waals surface area contributed by atoms with Crippen LogP contribution in [0.1, 0.15) is 5.56 Å². The van der Waals surface area contributed by atoms with E-state index in [1.165, 1.54) is 0 Å². The molecule has 116 valence electrons. The van der Waals surface area contributed by atoms with E-state index >= 15 is 0 Å². The van der Waals surface area contributed by atoms with Gasteiger partial charge in [0.25, 0.3) is 0 Å². The van der Waals surface area contributed by atoms with Crippen molar-refractivity contribution in [3.63, 3.8) is 0 Å². The van der Waals surface area contributed by atoms with Gasteiger partial charge in [-0.15, -0.1) is 11.8 Å². The molecule has 0 aliphatic carbocycles. The van der Waals surface area contributed by atoms with Crippen LogP contribution in [0, 0.1) is 0 Å². The highest BCUT2D eigenvalue weighted by Crippen LogP contribution is 2.44. The summed E-state index contributed by atoms with van der Waals surface area (Å²) in [7, 11) is 0. The number of aromatic nitrogens is 2. The second-order valence-electron chi connectivity index (χ2n) is 5.27. The molecule has 7 heteroatoms. The first kappa shape index (κ1) is 15.7. The number of hydrogen-bond acceptors (Lipinski definition) is 6. The van der Waals surface area contributed by atoms with Crippen molar-refractivity contribution < 1.29 is 10.2 Å². The second kappa shape index (κ2) is 6.16. The summed E-state index contributed by atoms with van der Waals surface area (Å²) in [6.07, 6.45) is 5.40. The minimum atomic E-state index is -0.692. The van der Waals surface area contributed by atoms with Gasteiger partial charge in [0.1, 0.15) is 0 Å². The average Bonchev–Trinajstić information content (AvgIpc) is 2.90. The maximum atomic E-state index is 9.86. The van der Waals surface area contributed by atoms with E-state index in [0.29, 0.717) is 12.5 Å². The molecule has 0 saturated heterocycles. The molecule has 0 unspecified atom stereocenters. The predicted octanol–water partition coefficient (Wildman–Crippen LogP) is 2.34. The van der Waals surface area contributed by atoms with E-state index in [1.807, 2.05) is 23.3 Å². The zero-order chi connectivity index (χ0) is 15.7. The van der Waals surface area contributed by atoms with E-state index in [0.717, 1.165) is 20.6 Å². The Morgan fingerprint density at radius 3 is 2.55 bits per heavy atom. The number of halogens is 1. The summed E-state index contributed by atoms with van der Waals surface area (Å²) < 4.78 is 0.809. The van der Waals surface area contributed by atoms with Crippen LogP contribution in [-0.4, -0.2) is 46.2 Å². The van der Waals surface area contributed by atoms with Crippen molar-refractivity contribution in [2.45, 2.75) is 10.3 Å². The molecule has 1 aliphatic heterocycles. The lowest BCUT2D eigenvalue weighted by Crippen LogP contribution is -2.39. The zero-order valence-corrected chi connectivity index (χ0v) is 14.4. The maximum absolute atomic E-state index is 9.86. The Balaban J connectivity index is 2.12. The van der Waals surface area contributed by atoms with Crippen molar-refractivity contribution in [1.29, 1.82) is 0 Å². The van der Waals surface area contributed by atoms with Gasteiger partial charge < -0.3 is 15.1 Å². The number of rotatable bonds is 4. The minimum Gasteiger partial charge on any atom is -0.395 e. The average molecular weight is 382 g/mol. The van der Waals surface area contributed by atoms with Gasteiger partial charge in [-0.2, -0.15) is 0 Å². The maximum Gasteiger partial charge on any atom is 0.229 e. The molecule has 22 heavy (non-hydrogen) atoms. The van der Waals surface area contributed by atoms with Crippen LogP contribution in [0.4, 0.5) is 11.6 Å². The summed E-state index contributed by atoms with van der Waals surface area (Å²) in [5.41, 5.74) is 1.18. The van der Waals surface area contributed by atoms with Crippen molar-refractivity contribution in [2.75, 3.05) is 30.9 Å². The van der Waals surface area contributed by atoms with Gasteiger partial charge in [0, 0.05) is 29.5 Å². The highest BCUT2D eigenvalue weighted by molar-refractivity contribution is 9.10. The number of hydrogen-bond donors (Lipinski definition) is 2. The Morgan fingerprint density at radius 2 is 1.95 bits per heavy atom. The first-order chi connectivity index (χ1) is 10.6. The van der Waals surface area contributed by atoms with Crippen molar-refractivity contribution >= 4 is 39.3 Å². The summed E-state index contributed by atoms with van der Waals surface area (Å²) in [5.74, 6) is 0.562. The van der Waals surface area contributed by atoms with Crippen LogP contribution in [-0.2, 0) is 5.41 Å². The van der Waals surface area contributed by atoms with Crippen LogP contribution in [0.3, 0.4) is 0 Å². The summed E-state index contributed by atoms with van der Waals surface area (Å²) >= 11 is 4.98. The Morgan fingerprint density at radius 1 is 1.27 bits per heavy atom. The SMILES string of the molecule is CSc1ccc2c(c1)N(c1ncc(Br)cn1)CC2(CO)CO. The van der Waals surface area contributed by atoms with Gasteiger partial charge in [-0.3, -0.25) is 0 Å². The molecule has 2 heterocycles. The van der Waals surface area contributed by atoms with Crippen LogP contribution in [0.25, 0.3) is 0 Å². The Hall–Kier alpha value is -1.15. The highest BCUT2D eigenvalue weighted by atomic mass is 79.9. The van der Waals surface area contributed by atoms with E-state index < -0.39 is 5.41 Å². The Labute approximate surface area is 141 Å². The van der Waals surface area contributed by atoms with Gasteiger partial charge in [0.15, 0.2) is 0 Å². The number of anilines is 2. The molecule has 0 fully saturated rings. The molecule has 5 nitrogen and oxygen atoms in total. The molecule has 1 aromatic carbocycles. The highest BCUT2D eigenvalue weighted by Gasteiger charge is 2.43. The number of thioether (sulfide) groups is 1. The van der Waals surface area contributed by atoms with E-state index in [9.17, 15) is 10.2 Å². The quantitative estimate of drug-likeness (QED) is 0.792. The smallest absolute Gasteiger partial charge is 0.229 e. The van der Waals surface area contributed by atoms with Crippen molar-refractivity contribution in [1.82, 2.24) is 9.97 Å². The van der Waals surface area contributed by atoms with Gasteiger partial charge in [0.2, 0.25) is 5.95 Å². The van der Waals surface area contributed by atoms with Crippen molar-refractivity contribution in [2.24, 2.45) is 0 Å². The standard InChI is InChI=1S/C15H16BrN3O2S/c1-22-11-2-3-12-13(4-11)19(7-15(12,8-20)9-21)14-17-5-10(16)6-18-14/h2-6,20-21H,7-9H2,1H3. The molecule has 0 radical (unpaired) electrons. The molecular weight excluding hydrogens is 366 g/mol.